The number of benzene rings is 1. The van der Waals surface area contributed by atoms with Gasteiger partial charge in [-0.25, -0.2) is 8.78 Å². The van der Waals surface area contributed by atoms with Crippen LogP contribution in [-0.2, 0) is 6.42 Å². The van der Waals surface area contributed by atoms with Crippen molar-refractivity contribution in [1.29, 1.82) is 0 Å². The maximum Gasteiger partial charge on any atom is 0.159 e. The molecule has 1 unspecified atom stereocenters. The molecule has 0 aromatic heterocycles. The number of rotatable bonds is 7. The summed E-state index contributed by atoms with van der Waals surface area (Å²) in [6.45, 7) is 8.39. The molecule has 0 heterocycles. The van der Waals surface area contributed by atoms with Gasteiger partial charge in [0.2, 0.25) is 0 Å². The molecule has 0 saturated heterocycles. The molecule has 0 radical (unpaired) electrons. The van der Waals surface area contributed by atoms with Crippen molar-refractivity contribution in [2.24, 2.45) is 11.8 Å². The molecule has 1 atom stereocenters. The minimum Gasteiger partial charge on any atom is -0.316 e. The van der Waals surface area contributed by atoms with Crippen molar-refractivity contribution >= 4 is 0 Å². The molecule has 0 aliphatic heterocycles. The lowest BCUT2D eigenvalue weighted by molar-refractivity contribution is 0.435. The van der Waals surface area contributed by atoms with E-state index in [-0.39, 0.29) is 0 Å². The summed E-state index contributed by atoms with van der Waals surface area (Å²) in [5.74, 6) is -0.429. The Kier molecular flexibility index (Phi) is 6.27. The van der Waals surface area contributed by atoms with Crippen LogP contribution in [0.15, 0.2) is 18.2 Å². The first-order valence-corrected chi connectivity index (χ1v) is 6.67. The molecule has 1 nitrogen and oxygen atoms in total. The van der Waals surface area contributed by atoms with E-state index in [0.717, 1.165) is 31.5 Å². The third-order valence-corrected chi connectivity index (χ3v) is 3.07. The molecule has 0 saturated carbocycles. The van der Waals surface area contributed by atoms with Gasteiger partial charge in [-0.05, 0) is 49.0 Å². The summed E-state index contributed by atoms with van der Waals surface area (Å²) in [6.07, 6.45) is 1.82. The summed E-state index contributed by atoms with van der Waals surface area (Å²) in [5, 5.41) is 3.41. The molecule has 3 heteroatoms. The Morgan fingerprint density at radius 2 is 1.83 bits per heavy atom. The van der Waals surface area contributed by atoms with Gasteiger partial charge in [0, 0.05) is 0 Å². The molecule has 1 aromatic carbocycles. The van der Waals surface area contributed by atoms with Crippen LogP contribution < -0.4 is 5.32 Å². The van der Waals surface area contributed by atoms with Crippen LogP contribution in [0.5, 0.6) is 0 Å². The maximum atomic E-state index is 13.1. The predicted octanol–water partition coefficient (Wildman–Crippen LogP) is 3.78. The Morgan fingerprint density at radius 1 is 1.11 bits per heavy atom. The molecule has 1 rings (SSSR count). The van der Waals surface area contributed by atoms with Crippen LogP contribution in [0.4, 0.5) is 8.78 Å². The van der Waals surface area contributed by atoms with Gasteiger partial charge in [0.15, 0.2) is 11.6 Å². The zero-order valence-electron chi connectivity index (χ0n) is 11.5. The molecular weight excluding hydrogens is 232 g/mol. The van der Waals surface area contributed by atoms with Gasteiger partial charge in [-0.3, -0.25) is 0 Å². The highest BCUT2D eigenvalue weighted by Crippen LogP contribution is 2.15. The van der Waals surface area contributed by atoms with E-state index in [0.29, 0.717) is 11.8 Å². The van der Waals surface area contributed by atoms with E-state index in [1.54, 1.807) is 6.07 Å². The third kappa shape index (κ3) is 5.13. The van der Waals surface area contributed by atoms with E-state index >= 15 is 0 Å². The fraction of sp³-hybridized carbons (Fsp3) is 0.600. The number of nitrogens with one attached hydrogen (secondary N) is 1. The Balaban J connectivity index is 2.49. The SMILES string of the molecule is CCC(CNCC(C)C)Cc1ccc(F)c(F)c1. The Hall–Kier alpha value is -0.960. The molecule has 0 fully saturated rings. The first kappa shape index (κ1) is 15.1. The van der Waals surface area contributed by atoms with Crippen molar-refractivity contribution in [2.45, 2.75) is 33.6 Å². The second-order valence-corrected chi connectivity index (χ2v) is 5.28. The van der Waals surface area contributed by atoms with E-state index in [2.05, 4.69) is 26.1 Å². The normalized spacial score (nSPS) is 13.0. The summed E-state index contributed by atoms with van der Waals surface area (Å²) in [4.78, 5) is 0. The van der Waals surface area contributed by atoms with Crippen molar-refractivity contribution in [1.82, 2.24) is 5.32 Å². The Labute approximate surface area is 109 Å². The monoisotopic (exact) mass is 255 g/mol. The summed E-state index contributed by atoms with van der Waals surface area (Å²) in [6, 6.07) is 4.18. The summed E-state index contributed by atoms with van der Waals surface area (Å²) in [5.41, 5.74) is 0.868. The molecule has 0 amide bonds. The van der Waals surface area contributed by atoms with Gasteiger partial charge in [-0.15, -0.1) is 0 Å². The Morgan fingerprint density at radius 3 is 2.39 bits per heavy atom. The smallest absolute Gasteiger partial charge is 0.159 e. The highest BCUT2D eigenvalue weighted by Gasteiger charge is 2.09. The lowest BCUT2D eigenvalue weighted by Crippen LogP contribution is -2.27. The fourth-order valence-electron chi connectivity index (χ4n) is 1.94. The van der Waals surface area contributed by atoms with Crippen LogP contribution >= 0.6 is 0 Å². The first-order valence-electron chi connectivity index (χ1n) is 6.67. The molecule has 0 aliphatic rings. The third-order valence-electron chi connectivity index (χ3n) is 3.07. The maximum absolute atomic E-state index is 13.1. The molecule has 1 N–H and O–H groups in total. The number of hydrogen-bond acceptors (Lipinski definition) is 1. The molecule has 1 aromatic rings. The average Bonchev–Trinajstić information content (AvgIpc) is 2.32. The van der Waals surface area contributed by atoms with Gasteiger partial charge in [0.25, 0.3) is 0 Å². The van der Waals surface area contributed by atoms with Crippen molar-refractivity contribution in [2.75, 3.05) is 13.1 Å². The van der Waals surface area contributed by atoms with Gasteiger partial charge in [0.1, 0.15) is 0 Å². The van der Waals surface area contributed by atoms with Crippen LogP contribution in [0, 0.1) is 23.5 Å². The van der Waals surface area contributed by atoms with E-state index in [9.17, 15) is 8.78 Å². The second-order valence-electron chi connectivity index (χ2n) is 5.28. The van der Waals surface area contributed by atoms with Gasteiger partial charge in [-0.2, -0.15) is 0 Å². The zero-order valence-corrected chi connectivity index (χ0v) is 11.5. The number of halogens is 2. The van der Waals surface area contributed by atoms with Crippen molar-refractivity contribution in [3.8, 4) is 0 Å². The van der Waals surface area contributed by atoms with E-state index < -0.39 is 11.6 Å². The summed E-state index contributed by atoms with van der Waals surface area (Å²) >= 11 is 0. The predicted molar refractivity (Wildman–Crippen MR) is 71.6 cm³/mol. The van der Waals surface area contributed by atoms with Crippen LogP contribution in [-0.4, -0.2) is 13.1 Å². The molecule has 0 spiro atoms. The van der Waals surface area contributed by atoms with Crippen LogP contribution in [0.25, 0.3) is 0 Å². The van der Waals surface area contributed by atoms with Gasteiger partial charge < -0.3 is 5.32 Å². The second kappa shape index (κ2) is 7.47. The minimum atomic E-state index is -0.773. The largest absolute Gasteiger partial charge is 0.316 e. The highest BCUT2D eigenvalue weighted by atomic mass is 19.2. The molecule has 0 bridgehead atoms. The molecule has 0 aliphatic carbocycles. The minimum absolute atomic E-state index is 0.466. The fourth-order valence-corrected chi connectivity index (χ4v) is 1.94. The van der Waals surface area contributed by atoms with Crippen LogP contribution in [0.1, 0.15) is 32.8 Å². The van der Waals surface area contributed by atoms with Crippen LogP contribution in [0.2, 0.25) is 0 Å². The standard InChI is InChI=1S/C15H23F2N/c1-4-12(10-18-9-11(2)3)7-13-5-6-14(16)15(17)8-13/h5-6,8,11-12,18H,4,7,9-10H2,1-3H3. The van der Waals surface area contributed by atoms with Gasteiger partial charge in [0.05, 0.1) is 0 Å². The van der Waals surface area contributed by atoms with Crippen molar-refractivity contribution in [3.05, 3.63) is 35.4 Å². The zero-order chi connectivity index (χ0) is 13.5. The summed E-state index contributed by atoms with van der Waals surface area (Å²) < 4.78 is 25.9. The lowest BCUT2D eigenvalue weighted by atomic mass is 9.96. The highest BCUT2D eigenvalue weighted by molar-refractivity contribution is 5.18. The topological polar surface area (TPSA) is 12.0 Å². The molecule has 102 valence electrons. The quantitative estimate of drug-likeness (QED) is 0.782. The van der Waals surface area contributed by atoms with E-state index in [1.807, 2.05) is 0 Å². The van der Waals surface area contributed by atoms with Crippen LogP contribution in [0.3, 0.4) is 0 Å². The molecular formula is C15H23F2N. The Bertz CT molecular complexity index is 364. The van der Waals surface area contributed by atoms with Crippen molar-refractivity contribution < 1.29 is 8.78 Å². The lowest BCUT2D eigenvalue weighted by Gasteiger charge is -2.17. The van der Waals surface area contributed by atoms with E-state index in [4.69, 9.17) is 0 Å². The van der Waals surface area contributed by atoms with E-state index in [1.165, 1.54) is 12.1 Å². The number of hydrogen-bond donors (Lipinski definition) is 1. The first-order chi connectivity index (χ1) is 8.52. The molecule has 18 heavy (non-hydrogen) atoms. The van der Waals surface area contributed by atoms with Gasteiger partial charge >= 0.3 is 0 Å². The van der Waals surface area contributed by atoms with Crippen molar-refractivity contribution in [3.63, 3.8) is 0 Å². The van der Waals surface area contributed by atoms with Gasteiger partial charge in [-0.1, -0.05) is 33.3 Å². The summed E-state index contributed by atoms with van der Waals surface area (Å²) in [7, 11) is 0. The average molecular weight is 255 g/mol.